The number of anilines is 2. The van der Waals surface area contributed by atoms with Crippen molar-refractivity contribution in [2.75, 3.05) is 30.8 Å². The second-order valence-electron chi connectivity index (χ2n) is 3.36. The monoisotopic (exact) mass is 178 g/mol. The van der Waals surface area contributed by atoms with Crippen LogP contribution in [0.1, 0.15) is 5.56 Å². The fourth-order valence-electron chi connectivity index (χ4n) is 1.60. The van der Waals surface area contributed by atoms with Gasteiger partial charge in [0.1, 0.15) is 0 Å². The summed E-state index contributed by atoms with van der Waals surface area (Å²) in [5.41, 5.74) is 8.92. The van der Waals surface area contributed by atoms with Gasteiger partial charge in [0.05, 0.1) is 13.2 Å². The number of nitrogens with two attached hydrogens (primary N) is 1. The molecule has 1 aliphatic rings. The highest BCUT2D eigenvalue weighted by Gasteiger charge is 2.11. The van der Waals surface area contributed by atoms with E-state index >= 15 is 0 Å². The van der Waals surface area contributed by atoms with E-state index in [-0.39, 0.29) is 0 Å². The Morgan fingerprint density at radius 3 is 3.15 bits per heavy atom. The smallest absolute Gasteiger partial charge is 0.0738 e. The molecule has 13 heavy (non-hydrogen) atoms. The molecule has 0 aliphatic carbocycles. The van der Waals surface area contributed by atoms with Gasteiger partial charge in [0.2, 0.25) is 0 Å². The summed E-state index contributed by atoms with van der Waals surface area (Å²) in [6.45, 7) is 2.40. The lowest BCUT2D eigenvalue weighted by Gasteiger charge is -2.18. The number of benzene rings is 1. The van der Waals surface area contributed by atoms with Crippen LogP contribution in [0.25, 0.3) is 0 Å². The molecule has 1 aliphatic heterocycles. The first-order valence-corrected chi connectivity index (χ1v) is 4.44. The molecule has 0 atom stereocenters. The van der Waals surface area contributed by atoms with Crippen LogP contribution in [0.3, 0.4) is 0 Å². The van der Waals surface area contributed by atoms with Crippen LogP contribution in [0.4, 0.5) is 11.4 Å². The van der Waals surface area contributed by atoms with Gasteiger partial charge in [-0.1, -0.05) is 0 Å². The summed E-state index contributed by atoms with van der Waals surface area (Å²) in [6, 6.07) is 5.97. The van der Waals surface area contributed by atoms with Crippen molar-refractivity contribution in [2.45, 2.75) is 6.61 Å². The molecule has 1 aromatic rings. The molecule has 0 spiro atoms. The average Bonchev–Trinajstić information content (AvgIpc) is 2.28. The zero-order chi connectivity index (χ0) is 9.26. The summed E-state index contributed by atoms with van der Waals surface area (Å²) >= 11 is 0. The molecule has 0 aromatic heterocycles. The fourth-order valence-corrected chi connectivity index (χ4v) is 1.60. The van der Waals surface area contributed by atoms with Crippen LogP contribution in [0.5, 0.6) is 0 Å². The molecule has 3 heteroatoms. The summed E-state index contributed by atoms with van der Waals surface area (Å²) in [5.74, 6) is 0. The Morgan fingerprint density at radius 1 is 1.46 bits per heavy atom. The van der Waals surface area contributed by atoms with Crippen LogP contribution in [0.15, 0.2) is 18.2 Å². The van der Waals surface area contributed by atoms with Gasteiger partial charge in [0, 0.05) is 30.5 Å². The Labute approximate surface area is 78.1 Å². The third kappa shape index (κ3) is 1.60. The average molecular weight is 178 g/mol. The van der Waals surface area contributed by atoms with Crippen molar-refractivity contribution >= 4 is 11.4 Å². The van der Waals surface area contributed by atoms with E-state index in [9.17, 15) is 0 Å². The van der Waals surface area contributed by atoms with Gasteiger partial charge >= 0.3 is 0 Å². The quantitative estimate of drug-likeness (QED) is 0.607. The van der Waals surface area contributed by atoms with Crippen molar-refractivity contribution in [2.24, 2.45) is 0 Å². The maximum atomic E-state index is 5.70. The molecule has 0 fully saturated rings. The molecule has 1 aromatic carbocycles. The van der Waals surface area contributed by atoms with Crippen LogP contribution in [-0.4, -0.2) is 20.2 Å². The molecule has 0 unspecified atom stereocenters. The van der Waals surface area contributed by atoms with Crippen molar-refractivity contribution in [1.82, 2.24) is 0 Å². The third-order valence-corrected chi connectivity index (χ3v) is 2.34. The maximum Gasteiger partial charge on any atom is 0.0738 e. The molecule has 0 radical (unpaired) electrons. The molecule has 70 valence electrons. The molecule has 0 saturated carbocycles. The lowest BCUT2D eigenvalue weighted by molar-refractivity contribution is 0.133. The Balaban J connectivity index is 2.42. The van der Waals surface area contributed by atoms with Crippen LogP contribution in [0, 0.1) is 0 Å². The summed E-state index contributed by atoms with van der Waals surface area (Å²) in [4.78, 5) is 2.20. The van der Waals surface area contributed by atoms with Gasteiger partial charge in [-0.05, 0) is 18.2 Å². The lowest BCUT2D eigenvalue weighted by atomic mass is 10.1. The highest BCUT2D eigenvalue weighted by molar-refractivity contribution is 5.59. The first-order valence-electron chi connectivity index (χ1n) is 4.44. The standard InChI is InChI=1S/C10H14N2O/c1-12-4-5-13-7-8-6-9(11)2-3-10(8)12/h2-3,6H,4-5,7,11H2,1H3. The minimum absolute atomic E-state index is 0.671. The van der Waals surface area contributed by atoms with E-state index in [0.717, 1.165) is 18.8 Å². The minimum Gasteiger partial charge on any atom is -0.399 e. The molecule has 2 rings (SSSR count). The fraction of sp³-hybridized carbons (Fsp3) is 0.400. The van der Waals surface area contributed by atoms with Gasteiger partial charge in [0.25, 0.3) is 0 Å². The number of rotatable bonds is 0. The first kappa shape index (κ1) is 8.38. The molecule has 2 N–H and O–H groups in total. The second-order valence-corrected chi connectivity index (χ2v) is 3.36. The van der Waals surface area contributed by atoms with Crippen molar-refractivity contribution in [3.63, 3.8) is 0 Å². The zero-order valence-electron chi connectivity index (χ0n) is 7.79. The summed E-state index contributed by atoms with van der Waals surface area (Å²) in [5, 5.41) is 0. The van der Waals surface area contributed by atoms with E-state index in [4.69, 9.17) is 10.5 Å². The molecule has 0 bridgehead atoms. The molecule has 1 heterocycles. The molecular formula is C10H14N2O. The number of hydrogen-bond donors (Lipinski definition) is 1. The summed E-state index contributed by atoms with van der Waals surface area (Å²) in [7, 11) is 2.07. The van der Waals surface area contributed by atoms with Crippen LogP contribution < -0.4 is 10.6 Å². The van der Waals surface area contributed by atoms with E-state index in [1.807, 2.05) is 12.1 Å². The van der Waals surface area contributed by atoms with Gasteiger partial charge in [-0.15, -0.1) is 0 Å². The second kappa shape index (κ2) is 3.26. The topological polar surface area (TPSA) is 38.5 Å². The lowest BCUT2D eigenvalue weighted by Crippen LogP contribution is -2.20. The van der Waals surface area contributed by atoms with Gasteiger partial charge < -0.3 is 15.4 Å². The number of likely N-dealkylation sites (N-methyl/N-ethyl adjacent to an activating group) is 1. The van der Waals surface area contributed by atoms with Crippen molar-refractivity contribution < 1.29 is 4.74 Å². The number of nitrogen functional groups attached to an aromatic ring is 1. The number of fused-ring (bicyclic) bond motifs is 1. The zero-order valence-corrected chi connectivity index (χ0v) is 7.79. The van der Waals surface area contributed by atoms with E-state index in [2.05, 4.69) is 18.0 Å². The van der Waals surface area contributed by atoms with Crippen LogP contribution in [-0.2, 0) is 11.3 Å². The minimum atomic E-state index is 0.671. The molecule has 0 saturated heterocycles. The van der Waals surface area contributed by atoms with Crippen molar-refractivity contribution in [1.29, 1.82) is 0 Å². The van der Waals surface area contributed by atoms with Gasteiger partial charge in [-0.25, -0.2) is 0 Å². The number of hydrogen-bond acceptors (Lipinski definition) is 3. The largest absolute Gasteiger partial charge is 0.399 e. The van der Waals surface area contributed by atoms with Crippen LogP contribution in [0.2, 0.25) is 0 Å². The first-order chi connectivity index (χ1) is 6.27. The SMILES string of the molecule is CN1CCOCc2cc(N)ccc21. The predicted molar refractivity (Wildman–Crippen MR) is 53.8 cm³/mol. The Bertz CT molecular complexity index is 312. The van der Waals surface area contributed by atoms with Gasteiger partial charge in [0.15, 0.2) is 0 Å². The van der Waals surface area contributed by atoms with Gasteiger partial charge in [-0.3, -0.25) is 0 Å². The molecule has 3 nitrogen and oxygen atoms in total. The Kier molecular flexibility index (Phi) is 2.10. The van der Waals surface area contributed by atoms with Crippen molar-refractivity contribution in [3.8, 4) is 0 Å². The maximum absolute atomic E-state index is 5.70. The highest BCUT2D eigenvalue weighted by atomic mass is 16.5. The van der Waals surface area contributed by atoms with E-state index in [1.165, 1.54) is 11.3 Å². The number of ether oxygens (including phenoxy) is 1. The third-order valence-electron chi connectivity index (χ3n) is 2.34. The van der Waals surface area contributed by atoms with E-state index in [1.54, 1.807) is 0 Å². The van der Waals surface area contributed by atoms with Crippen molar-refractivity contribution in [3.05, 3.63) is 23.8 Å². The Morgan fingerprint density at radius 2 is 2.31 bits per heavy atom. The molecular weight excluding hydrogens is 164 g/mol. The Hall–Kier alpha value is -1.22. The number of nitrogens with zero attached hydrogens (tertiary/aromatic N) is 1. The molecule has 0 amide bonds. The van der Waals surface area contributed by atoms with E-state index < -0.39 is 0 Å². The van der Waals surface area contributed by atoms with Crippen LogP contribution >= 0.6 is 0 Å². The summed E-state index contributed by atoms with van der Waals surface area (Å²) in [6.07, 6.45) is 0. The highest BCUT2D eigenvalue weighted by Crippen LogP contribution is 2.24. The summed E-state index contributed by atoms with van der Waals surface area (Å²) < 4.78 is 5.45. The van der Waals surface area contributed by atoms with E-state index in [0.29, 0.717) is 6.61 Å². The van der Waals surface area contributed by atoms with Gasteiger partial charge in [-0.2, -0.15) is 0 Å². The normalized spacial score (nSPS) is 16.5. The predicted octanol–water partition coefficient (Wildman–Crippen LogP) is 1.24.